The molecule has 0 saturated carbocycles. The highest BCUT2D eigenvalue weighted by Gasteiger charge is 2.18. The van der Waals surface area contributed by atoms with Crippen LogP contribution in [0.15, 0.2) is 0 Å². The van der Waals surface area contributed by atoms with E-state index in [0.717, 1.165) is 6.92 Å². The van der Waals surface area contributed by atoms with Gasteiger partial charge in [0.25, 0.3) is 0 Å². The molecule has 0 aromatic carbocycles. The highest BCUT2D eigenvalue weighted by Crippen LogP contribution is 1.95. The van der Waals surface area contributed by atoms with E-state index in [4.69, 9.17) is 9.66 Å². The molecule has 64 valence electrons. The predicted octanol–water partition coefficient (Wildman–Crippen LogP) is -1.64. The van der Waals surface area contributed by atoms with Crippen molar-refractivity contribution in [2.24, 2.45) is 0 Å². The Balaban J connectivity index is 0. The summed E-state index contributed by atoms with van der Waals surface area (Å²) in [5, 5.41) is 8.04. The third kappa shape index (κ3) is 8.01. The third-order valence-corrected chi connectivity index (χ3v) is 1.15. The van der Waals surface area contributed by atoms with E-state index in [-0.39, 0.29) is 23.1 Å². The summed E-state index contributed by atoms with van der Waals surface area (Å²) in [6, 6.07) is 0. The van der Waals surface area contributed by atoms with Gasteiger partial charge in [-0.15, -0.1) is 0 Å². The lowest BCUT2D eigenvalue weighted by Crippen LogP contribution is -2.23. The van der Waals surface area contributed by atoms with E-state index in [2.05, 4.69) is 4.18 Å². The van der Waals surface area contributed by atoms with Crippen LogP contribution in [0.4, 0.5) is 0 Å². The Morgan fingerprint density at radius 1 is 1.55 bits per heavy atom. The molecular formula is C3H8MgO6S. The van der Waals surface area contributed by atoms with Gasteiger partial charge in [-0.25, -0.2) is 8.98 Å². The zero-order chi connectivity index (χ0) is 8.36. The molecule has 1 atom stereocenters. The van der Waals surface area contributed by atoms with E-state index >= 15 is 0 Å². The van der Waals surface area contributed by atoms with Crippen LogP contribution in [0.1, 0.15) is 6.92 Å². The summed E-state index contributed by atoms with van der Waals surface area (Å²) in [5.74, 6) is -1.46. The Labute approximate surface area is 79.6 Å². The maximum Gasteiger partial charge on any atom is 0.398 e. The zero-order valence-corrected chi connectivity index (χ0v) is 5.83. The molecular weight excluding hydrogens is 188 g/mol. The van der Waals surface area contributed by atoms with E-state index in [9.17, 15) is 13.2 Å². The van der Waals surface area contributed by atoms with Gasteiger partial charge in [0.05, 0.1) is 0 Å². The van der Waals surface area contributed by atoms with E-state index in [1.165, 1.54) is 0 Å². The average Bonchev–Trinajstić information content (AvgIpc) is 1.60. The first-order chi connectivity index (χ1) is 4.33. The number of hydrogen-bond acceptors (Lipinski definition) is 4. The van der Waals surface area contributed by atoms with E-state index < -0.39 is 22.5 Å². The largest absolute Gasteiger partial charge is 0.479 e. The Morgan fingerprint density at radius 2 is 1.91 bits per heavy atom. The van der Waals surface area contributed by atoms with Gasteiger partial charge in [0.2, 0.25) is 0 Å². The Hall–Kier alpha value is 0.106. The van der Waals surface area contributed by atoms with Gasteiger partial charge in [-0.3, -0.25) is 4.55 Å². The molecule has 6 nitrogen and oxygen atoms in total. The summed E-state index contributed by atoms with van der Waals surface area (Å²) in [4.78, 5) is 9.88. The number of carboxylic acids is 1. The number of aliphatic carboxylic acids is 1. The van der Waals surface area contributed by atoms with E-state index in [0.29, 0.717) is 0 Å². The molecule has 2 N–H and O–H groups in total. The van der Waals surface area contributed by atoms with Gasteiger partial charge >= 0.3 is 39.4 Å². The molecule has 0 aliphatic carbocycles. The molecule has 0 aliphatic heterocycles. The Kier molecular flexibility index (Phi) is 6.07. The Morgan fingerprint density at radius 3 is 2.00 bits per heavy atom. The fourth-order valence-corrected chi connectivity index (χ4v) is 0.671. The van der Waals surface area contributed by atoms with Gasteiger partial charge in [-0.2, -0.15) is 8.42 Å². The first kappa shape index (κ1) is 13.7. The van der Waals surface area contributed by atoms with Gasteiger partial charge in [-0.1, -0.05) is 0 Å². The maximum atomic E-state index is 9.88. The molecule has 1 unspecified atom stereocenters. The molecule has 0 saturated heterocycles. The smallest absolute Gasteiger partial charge is 0.398 e. The predicted molar refractivity (Wildman–Crippen MR) is 38.3 cm³/mol. The van der Waals surface area contributed by atoms with Crippen LogP contribution in [-0.4, -0.2) is 53.2 Å². The van der Waals surface area contributed by atoms with Crippen LogP contribution in [0.25, 0.3) is 0 Å². The van der Waals surface area contributed by atoms with Crippen LogP contribution in [0.2, 0.25) is 0 Å². The molecule has 8 heteroatoms. The van der Waals surface area contributed by atoms with Crippen LogP contribution >= 0.6 is 0 Å². The van der Waals surface area contributed by atoms with Gasteiger partial charge in [0.1, 0.15) is 0 Å². The van der Waals surface area contributed by atoms with Crippen LogP contribution in [0.3, 0.4) is 0 Å². The highest BCUT2D eigenvalue weighted by molar-refractivity contribution is 7.80. The quantitative estimate of drug-likeness (QED) is 0.415. The summed E-state index contributed by atoms with van der Waals surface area (Å²) >= 11 is 0. The van der Waals surface area contributed by atoms with Crippen LogP contribution in [0.5, 0.6) is 0 Å². The highest BCUT2D eigenvalue weighted by atomic mass is 32.3. The van der Waals surface area contributed by atoms with Crippen LogP contribution in [-0.2, 0) is 19.4 Å². The Bertz CT molecular complexity index is 220. The van der Waals surface area contributed by atoms with Gasteiger partial charge in [-0.05, 0) is 6.92 Å². The number of carboxylic acid groups (broad SMARTS) is 1. The molecule has 0 spiro atoms. The first-order valence-corrected chi connectivity index (χ1v) is 3.58. The van der Waals surface area contributed by atoms with Crippen molar-refractivity contribution >= 4 is 39.4 Å². The van der Waals surface area contributed by atoms with Crippen molar-refractivity contribution in [1.29, 1.82) is 0 Å². The van der Waals surface area contributed by atoms with Gasteiger partial charge in [0.15, 0.2) is 6.10 Å². The van der Waals surface area contributed by atoms with Crippen molar-refractivity contribution in [1.82, 2.24) is 0 Å². The van der Waals surface area contributed by atoms with Crippen LogP contribution < -0.4 is 0 Å². The third-order valence-electron chi connectivity index (χ3n) is 0.614. The van der Waals surface area contributed by atoms with Crippen molar-refractivity contribution in [2.45, 2.75) is 13.0 Å². The minimum atomic E-state index is -4.65. The molecule has 0 aromatic heterocycles. The standard InChI is InChI=1S/C3H6O6S.Mg.2H/c1-2(3(4)5)9-10(6,7)8;;;/h2H,1H3,(H,4,5)(H,6,7,8);;;. The molecule has 0 heterocycles. The average molecular weight is 196 g/mol. The summed E-state index contributed by atoms with van der Waals surface area (Å²) in [6.45, 7) is 0.982. The summed E-state index contributed by atoms with van der Waals surface area (Å²) in [7, 11) is -4.65. The molecule has 0 amide bonds. The first-order valence-electron chi connectivity index (χ1n) is 2.21. The van der Waals surface area contributed by atoms with Crippen LogP contribution in [0, 0.1) is 0 Å². The monoisotopic (exact) mass is 196 g/mol. The normalized spacial score (nSPS) is 13.3. The SMILES string of the molecule is CC(OS(=O)(=O)O)C(=O)O.[MgH2]. The molecule has 0 aromatic rings. The van der Waals surface area contributed by atoms with Crippen molar-refractivity contribution in [3.63, 3.8) is 0 Å². The van der Waals surface area contributed by atoms with Gasteiger partial charge in [0, 0.05) is 0 Å². The zero-order valence-electron chi connectivity index (χ0n) is 5.01. The van der Waals surface area contributed by atoms with Gasteiger partial charge < -0.3 is 5.11 Å². The molecule has 0 fully saturated rings. The minimum absolute atomic E-state index is 0. The van der Waals surface area contributed by atoms with E-state index in [1.54, 1.807) is 0 Å². The molecule has 0 rings (SSSR count). The lowest BCUT2D eigenvalue weighted by Gasteiger charge is -2.02. The number of hydrogen-bond donors (Lipinski definition) is 2. The fourth-order valence-electron chi connectivity index (χ4n) is 0.224. The van der Waals surface area contributed by atoms with E-state index in [1.807, 2.05) is 0 Å². The molecule has 0 aliphatic rings. The number of carbonyl (C=O) groups is 1. The van der Waals surface area contributed by atoms with Crippen molar-refractivity contribution in [3.8, 4) is 0 Å². The molecule has 0 radical (unpaired) electrons. The lowest BCUT2D eigenvalue weighted by molar-refractivity contribution is -0.144. The summed E-state index contributed by atoms with van der Waals surface area (Å²) < 4.78 is 31.2. The topological polar surface area (TPSA) is 101 Å². The summed E-state index contributed by atoms with van der Waals surface area (Å²) in [6.07, 6.45) is -1.56. The maximum absolute atomic E-state index is 9.88. The minimum Gasteiger partial charge on any atom is -0.479 e. The molecule has 11 heavy (non-hydrogen) atoms. The van der Waals surface area contributed by atoms with Crippen molar-refractivity contribution in [2.75, 3.05) is 0 Å². The second kappa shape index (κ2) is 4.88. The lowest BCUT2D eigenvalue weighted by atomic mass is 10.4. The van der Waals surface area contributed by atoms with Crippen molar-refractivity contribution < 1.29 is 27.1 Å². The fraction of sp³-hybridized carbons (Fsp3) is 0.667. The second-order valence-electron chi connectivity index (χ2n) is 1.50. The molecule has 0 bridgehead atoms. The van der Waals surface area contributed by atoms with Crippen molar-refractivity contribution in [3.05, 3.63) is 0 Å². The number of rotatable bonds is 3. The second-order valence-corrected chi connectivity index (χ2v) is 2.55. The summed E-state index contributed by atoms with van der Waals surface area (Å²) in [5.41, 5.74) is 0.